The molecule has 0 fully saturated rings. The molecule has 2 aliphatic rings. The zero-order valence-corrected chi connectivity index (χ0v) is 24.4. The average Bonchev–Trinajstić information content (AvgIpc) is 3.22. The van der Waals surface area contributed by atoms with E-state index in [1.54, 1.807) is 0 Å². The summed E-state index contributed by atoms with van der Waals surface area (Å²) in [6.45, 7) is 9.37. The number of hydrogen-bond acceptors (Lipinski definition) is 0. The molecular weight excluding hydrogens is 492 g/mol. The van der Waals surface area contributed by atoms with Crippen LogP contribution in [0.15, 0.2) is 133 Å². The number of aryl methyl sites for hydroxylation is 2. The summed E-state index contributed by atoms with van der Waals surface area (Å²) in [5.41, 5.74) is 16.0. The molecule has 0 spiro atoms. The average molecular weight is 529 g/mol. The fraction of sp³-hybridized carbons (Fsp3) is 0.171. The summed E-state index contributed by atoms with van der Waals surface area (Å²) in [6.07, 6.45) is 7.41. The Bertz CT molecular complexity index is 1760. The normalized spacial score (nSPS) is 18.5. The molecule has 0 heteroatoms. The van der Waals surface area contributed by atoms with E-state index < -0.39 is 0 Å². The zero-order chi connectivity index (χ0) is 28.1. The van der Waals surface area contributed by atoms with Gasteiger partial charge >= 0.3 is 0 Å². The van der Waals surface area contributed by atoms with E-state index in [0.717, 1.165) is 0 Å². The first-order valence-electron chi connectivity index (χ1n) is 14.8. The Labute approximate surface area is 244 Å². The van der Waals surface area contributed by atoms with Gasteiger partial charge in [0.2, 0.25) is 0 Å². The Morgan fingerprint density at radius 3 is 1.76 bits per heavy atom. The first kappa shape index (κ1) is 25.5. The minimum atomic E-state index is 0.0460. The number of fused-ring (bicyclic) bond motifs is 3. The highest BCUT2D eigenvalue weighted by Gasteiger charge is 2.45. The molecule has 0 amide bonds. The molecular formula is C41H36. The number of hydrogen-bond donors (Lipinski definition) is 0. The maximum Gasteiger partial charge on any atom is 0.00959 e. The highest BCUT2D eigenvalue weighted by atomic mass is 14.5. The van der Waals surface area contributed by atoms with Crippen molar-refractivity contribution in [3.63, 3.8) is 0 Å². The van der Waals surface area contributed by atoms with Crippen LogP contribution in [0.4, 0.5) is 0 Å². The Hall–Kier alpha value is -4.42. The molecule has 41 heavy (non-hydrogen) atoms. The number of allylic oxidation sites excluding steroid dienone is 4. The molecule has 0 saturated heterocycles. The van der Waals surface area contributed by atoms with Gasteiger partial charge < -0.3 is 0 Å². The summed E-state index contributed by atoms with van der Waals surface area (Å²) in [5.74, 6) is 0.794. The van der Waals surface area contributed by atoms with E-state index in [1.807, 2.05) is 0 Å². The van der Waals surface area contributed by atoms with Crippen molar-refractivity contribution in [1.29, 1.82) is 0 Å². The second-order valence-electron chi connectivity index (χ2n) is 12.4. The molecule has 0 heterocycles. The minimum absolute atomic E-state index is 0.0460. The lowest BCUT2D eigenvalue weighted by Gasteiger charge is -2.31. The highest BCUT2D eigenvalue weighted by Crippen LogP contribution is 2.55. The second-order valence-corrected chi connectivity index (χ2v) is 12.4. The van der Waals surface area contributed by atoms with Gasteiger partial charge in [0.15, 0.2) is 0 Å². The summed E-state index contributed by atoms with van der Waals surface area (Å²) in [5, 5.41) is 0. The number of benzene rings is 5. The summed E-state index contributed by atoms with van der Waals surface area (Å²) in [7, 11) is 0. The quantitative estimate of drug-likeness (QED) is 0.218. The monoisotopic (exact) mass is 528 g/mol. The zero-order valence-electron chi connectivity index (χ0n) is 24.4. The third-order valence-corrected chi connectivity index (χ3v) is 9.43. The molecule has 200 valence electrons. The van der Waals surface area contributed by atoms with Crippen LogP contribution in [0.5, 0.6) is 0 Å². The van der Waals surface area contributed by atoms with Gasteiger partial charge in [-0.3, -0.25) is 0 Å². The Balaban J connectivity index is 1.33. The second kappa shape index (κ2) is 9.89. The predicted octanol–water partition coefficient (Wildman–Crippen LogP) is 10.9. The van der Waals surface area contributed by atoms with Crippen LogP contribution in [-0.4, -0.2) is 0 Å². The van der Waals surface area contributed by atoms with Crippen LogP contribution in [0.1, 0.15) is 47.6 Å². The van der Waals surface area contributed by atoms with Gasteiger partial charge in [-0.05, 0) is 116 Å². The predicted molar refractivity (Wildman–Crippen MR) is 175 cm³/mol. The van der Waals surface area contributed by atoms with Crippen LogP contribution in [0.3, 0.4) is 0 Å². The molecule has 5 aromatic carbocycles. The minimum Gasteiger partial charge on any atom is -0.0758 e. The molecule has 0 aliphatic heterocycles. The molecule has 2 atom stereocenters. The summed E-state index contributed by atoms with van der Waals surface area (Å²) < 4.78 is 0. The molecule has 0 nitrogen and oxygen atoms in total. The Morgan fingerprint density at radius 1 is 0.537 bits per heavy atom. The van der Waals surface area contributed by atoms with Gasteiger partial charge in [-0.1, -0.05) is 123 Å². The third kappa shape index (κ3) is 4.39. The van der Waals surface area contributed by atoms with Crippen molar-refractivity contribution in [2.45, 2.75) is 39.0 Å². The van der Waals surface area contributed by atoms with Gasteiger partial charge in [0, 0.05) is 5.92 Å². The van der Waals surface area contributed by atoms with Gasteiger partial charge in [0.25, 0.3) is 0 Å². The fourth-order valence-corrected chi connectivity index (χ4v) is 7.12. The molecule has 7 rings (SSSR count). The van der Waals surface area contributed by atoms with E-state index in [9.17, 15) is 0 Å². The van der Waals surface area contributed by atoms with Crippen molar-refractivity contribution in [3.05, 3.63) is 161 Å². The standard InChI is InChI=1S/C41H36/c1-27-13-11-12-18-35(27)37-26-38-36-20-19-31(25-40(36)41(3,4)39(38)21-28(37)2)34-23-32(29-14-7-5-8-15-29)22-33(24-34)30-16-9-6-10-17-30/h5-26,36,40H,1-4H3. The van der Waals surface area contributed by atoms with E-state index in [1.165, 1.54) is 66.8 Å². The largest absolute Gasteiger partial charge is 0.0758 e. The summed E-state index contributed by atoms with van der Waals surface area (Å²) >= 11 is 0. The van der Waals surface area contributed by atoms with Crippen molar-refractivity contribution >= 4 is 5.57 Å². The SMILES string of the molecule is Cc1ccccc1-c1cc2c(cc1C)C(C)(C)C1C=C(c3cc(-c4ccccc4)cc(-c4ccccc4)c3)C=CC21. The topological polar surface area (TPSA) is 0 Å². The molecule has 0 saturated carbocycles. The van der Waals surface area contributed by atoms with Gasteiger partial charge in [0.1, 0.15) is 0 Å². The van der Waals surface area contributed by atoms with E-state index in [4.69, 9.17) is 0 Å². The molecule has 2 unspecified atom stereocenters. The molecule has 2 aliphatic carbocycles. The molecule has 0 radical (unpaired) electrons. The number of rotatable bonds is 4. The highest BCUT2D eigenvalue weighted by molar-refractivity contribution is 5.84. The lowest BCUT2D eigenvalue weighted by Crippen LogP contribution is -2.25. The van der Waals surface area contributed by atoms with Gasteiger partial charge in [-0.15, -0.1) is 0 Å². The Kier molecular flexibility index (Phi) is 6.16. The third-order valence-electron chi connectivity index (χ3n) is 9.43. The van der Waals surface area contributed by atoms with Crippen LogP contribution in [0.25, 0.3) is 39.0 Å². The van der Waals surface area contributed by atoms with E-state index in [-0.39, 0.29) is 5.41 Å². The van der Waals surface area contributed by atoms with Crippen LogP contribution in [0, 0.1) is 19.8 Å². The molecule has 0 aromatic heterocycles. The van der Waals surface area contributed by atoms with Gasteiger partial charge in [-0.25, -0.2) is 0 Å². The van der Waals surface area contributed by atoms with E-state index >= 15 is 0 Å². The molecule has 0 bridgehead atoms. The lowest BCUT2D eigenvalue weighted by molar-refractivity contribution is 0.395. The van der Waals surface area contributed by atoms with Gasteiger partial charge in [-0.2, -0.15) is 0 Å². The maximum atomic E-state index is 2.56. The smallest absolute Gasteiger partial charge is 0.00959 e. The van der Waals surface area contributed by atoms with Crippen LogP contribution in [-0.2, 0) is 5.41 Å². The van der Waals surface area contributed by atoms with Crippen molar-refractivity contribution in [1.82, 2.24) is 0 Å². The van der Waals surface area contributed by atoms with E-state index in [0.29, 0.717) is 11.8 Å². The lowest BCUT2D eigenvalue weighted by atomic mass is 9.72. The first-order valence-corrected chi connectivity index (χ1v) is 14.8. The molecule has 0 N–H and O–H groups in total. The van der Waals surface area contributed by atoms with Crippen LogP contribution in [0.2, 0.25) is 0 Å². The Morgan fingerprint density at radius 2 is 1.12 bits per heavy atom. The summed E-state index contributed by atoms with van der Waals surface area (Å²) in [4.78, 5) is 0. The summed E-state index contributed by atoms with van der Waals surface area (Å²) in [6, 6.07) is 42.3. The van der Waals surface area contributed by atoms with Crippen molar-refractivity contribution in [2.24, 2.45) is 5.92 Å². The van der Waals surface area contributed by atoms with Crippen LogP contribution < -0.4 is 0 Å². The van der Waals surface area contributed by atoms with E-state index in [2.05, 4.69) is 161 Å². The van der Waals surface area contributed by atoms with Crippen LogP contribution >= 0.6 is 0 Å². The van der Waals surface area contributed by atoms with Gasteiger partial charge in [0.05, 0.1) is 0 Å². The van der Waals surface area contributed by atoms with Crippen molar-refractivity contribution < 1.29 is 0 Å². The fourth-order valence-electron chi connectivity index (χ4n) is 7.12. The first-order chi connectivity index (χ1) is 19.9. The molecule has 5 aromatic rings. The van der Waals surface area contributed by atoms with Crippen molar-refractivity contribution in [2.75, 3.05) is 0 Å². The maximum absolute atomic E-state index is 2.56. The van der Waals surface area contributed by atoms with Crippen molar-refractivity contribution in [3.8, 4) is 33.4 Å².